The molecule has 1 amide bonds. The Bertz CT molecular complexity index is 708. The summed E-state index contributed by atoms with van der Waals surface area (Å²) in [6, 6.07) is 9.07. The predicted molar refractivity (Wildman–Crippen MR) is 93.0 cm³/mol. The number of carbonyl (C=O) groups excluding carboxylic acids is 1. The highest BCUT2D eigenvalue weighted by Gasteiger charge is 2.16. The second-order valence-electron chi connectivity index (χ2n) is 5.14. The summed E-state index contributed by atoms with van der Waals surface area (Å²) < 4.78 is 10.7. The van der Waals surface area contributed by atoms with Crippen LogP contribution in [-0.4, -0.2) is 19.6 Å². The van der Waals surface area contributed by atoms with Crippen molar-refractivity contribution in [2.45, 2.75) is 20.8 Å². The molecular weight excluding hydrogens is 314 g/mol. The van der Waals surface area contributed by atoms with E-state index in [1.54, 1.807) is 12.1 Å². The van der Waals surface area contributed by atoms with E-state index < -0.39 is 0 Å². The first kappa shape index (κ1) is 17.2. The van der Waals surface area contributed by atoms with Gasteiger partial charge in [0, 0.05) is 11.3 Å². The molecule has 0 fully saturated rings. The number of halogens is 1. The van der Waals surface area contributed by atoms with E-state index in [9.17, 15) is 4.79 Å². The average Bonchev–Trinajstić information content (AvgIpc) is 2.51. The summed E-state index contributed by atoms with van der Waals surface area (Å²) in [4.78, 5) is 12.6. The Morgan fingerprint density at radius 1 is 1.22 bits per heavy atom. The van der Waals surface area contributed by atoms with E-state index in [-0.39, 0.29) is 5.91 Å². The molecule has 5 heteroatoms. The molecule has 0 bridgehead atoms. The molecular formula is C18H20ClNO3. The van der Waals surface area contributed by atoms with Crippen molar-refractivity contribution in [3.63, 3.8) is 0 Å². The number of amides is 1. The van der Waals surface area contributed by atoms with Gasteiger partial charge in [0.15, 0.2) is 11.5 Å². The van der Waals surface area contributed by atoms with Crippen LogP contribution in [0.15, 0.2) is 30.3 Å². The minimum absolute atomic E-state index is 0.243. The van der Waals surface area contributed by atoms with Gasteiger partial charge in [0.2, 0.25) is 0 Å². The number of methoxy groups -OCH3 is 1. The number of para-hydroxylation sites is 1. The minimum atomic E-state index is -0.243. The van der Waals surface area contributed by atoms with Crippen LogP contribution in [0.1, 0.15) is 28.4 Å². The van der Waals surface area contributed by atoms with Crippen LogP contribution in [0.5, 0.6) is 11.5 Å². The number of anilines is 1. The monoisotopic (exact) mass is 333 g/mol. The third kappa shape index (κ3) is 3.77. The zero-order chi connectivity index (χ0) is 17.0. The number of hydrogen-bond acceptors (Lipinski definition) is 3. The smallest absolute Gasteiger partial charge is 0.255 e. The van der Waals surface area contributed by atoms with E-state index in [1.165, 1.54) is 7.11 Å². The van der Waals surface area contributed by atoms with Crippen LogP contribution in [0, 0.1) is 13.8 Å². The van der Waals surface area contributed by atoms with E-state index in [0.29, 0.717) is 28.7 Å². The Hall–Kier alpha value is -2.20. The third-order valence-corrected chi connectivity index (χ3v) is 3.78. The fourth-order valence-corrected chi connectivity index (χ4v) is 2.65. The van der Waals surface area contributed by atoms with Crippen LogP contribution < -0.4 is 14.8 Å². The molecule has 122 valence electrons. The lowest BCUT2D eigenvalue weighted by atomic mass is 10.1. The fourth-order valence-electron chi connectivity index (χ4n) is 2.36. The standard InChI is InChI=1S/C18H20ClNO3/c1-5-23-15-10-13(9-14(19)17(15)22-4)18(21)20-16-11(2)7-6-8-12(16)3/h6-10H,5H2,1-4H3,(H,20,21). The van der Waals surface area contributed by atoms with Gasteiger partial charge in [0.05, 0.1) is 18.7 Å². The molecule has 0 radical (unpaired) electrons. The van der Waals surface area contributed by atoms with Crippen LogP contribution in [0.3, 0.4) is 0 Å². The minimum Gasteiger partial charge on any atom is -0.491 e. The number of benzene rings is 2. The second kappa shape index (κ2) is 7.38. The van der Waals surface area contributed by atoms with Gasteiger partial charge in [-0.2, -0.15) is 0 Å². The topological polar surface area (TPSA) is 47.6 Å². The van der Waals surface area contributed by atoms with Crippen LogP contribution in [0.4, 0.5) is 5.69 Å². The molecule has 0 atom stereocenters. The van der Waals surface area contributed by atoms with Crippen LogP contribution in [0.2, 0.25) is 5.02 Å². The summed E-state index contributed by atoms with van der Waals surface area (Å²) in [5.74, 6) is 0.638. The molecule has 4 nitrogen and oxygen atoms in total. The molecule has 2 aromatic rings. The molecule has 23 heavy (non-hydrogen) atoms. The number of ether oxygens (including phenoxy) is 2. The van der Waals surface area contributed by atoms with Crippen molar-refractivity contribution in [1.82, 2.24) is 0 Å². The summed E-state index contributed by atoms with van der Waals surface area (Å²) in [6.07, 6.45) is 0. The van der Waals surface area contributed by atoms with Crippen molar-refractivity contribution in [3.8, 4) is 11.5 Å². The summed E-state index contributed by atoms with van der Waals surface area (Å²) in [6.45, 7) is 6.22. The number of aryl methyl sites for hydroxylation is 2. The van der Waals surface area contributed by atoms with Gasteiger partial charge in [-0.25, -0.2) is 0 Å². The van der Waals surface area contributed by atoms with Crippen molar-refractivity contribution >= 4 is 23.2 Å². The van der Waals surface area contributed by atoms with Gasteiger partial charge in [-0.05, 0) is 44.0 Å². The van der Waals surface area contributed by atoms with Crippen LogP contribution in [0.25, 0.3) is 0 Å². The third-order valence-electron chi connectivity index (χ3n) is 3.50. The van der Waals surface area contributed by atoms with Crippen LogP contribution >= 0.6 is 11.6 Å². The molecule has 0 heterocycles. The van der Waals surface area contributed by atoms with Crippen molar-refractivity contribution in [3.05, 3.63) is 52.0 Å². The zero-order valence-electron chi connectivity index (χ0n) is 13.7. The van der Waals surface area contributed by atoms with Crippen molar-refractivity contribution in [2.24, 2.45) is 0 Å². The van der Waals surface area contributed by atoms with Gasteiger partial charge in [-0.1, -0.05) is 29.8 Å². The average molecular weight is 334 g/mol. The highest BCUT2D eigenvalue weighted by atomic mass is 35.5. The van der Waals surface area contributed by atoms with Crippen molar-refractivity contribution < 1.29 is 14.3 Å². The SMILES string of the molecule is CCOc1cc(C(=O)Nc2c(C)cccc2C)cc(Cl)c1OC. The van der Waals surface area contributed by atoms with E-state index in [2.05, 4.69) is 5.32 Å². The highest BCUT2D eigenvalue weighted by molar-refractivity contribution is 6.32. The number of hydrogen-bond donors (Lipinski definition) is 1. The molecule has 0 unspecified atom stereocenters. The Kier molecular flexibility index (Phi) is 5.50. The van der Waals surface area contributed by atoms with Crippen molar-refractivity contribution in [1.29, 1.82) is 0 Å². The lowest BCUT2D eigenvalue weighted by molar-refractivity contribution is 0.102. The van der Waals surface area contributed by atoms with E-state index >= 15 is 0 Å². The molecule has 2 rings (SSSR count). The Labute approximate surface area is 141 Å². The van der Waals surface area contributed by atoms with Crippen molar-refractivity contribution in [2.75, 3.05) is 19.0 Å². The molecule has 0 aliphatic heterocycles. The maximum absolute atomic E-state index is 12.6. The molecule has 0 aliphatic carbocycles. The highest BCUT2D eigenvalue weighted by Crippen LogP contribution is 2.36. The zero-order valence-corrected chi connectivity index (χ0v) is 14.5. The largest absolute Gasteiger partial charge is 0.491 e. The van der Waals surface area contributed by atoms with Gasteiger partial charge < -0.3 is 14.8 Å². The van der Waals surface area contributed by atoms with E-state index in [1.807, 2.05) is 39.0 Å². The first-order valence-electron chi connectivity index (χ1n) is 7.35. The first-order chi connectivity index (χ1) is 11.0. The fraction of sp³-hybridized carbons (Fsp3) is 0.278. The molecule has 1 N–H and O–H groups in total. The molecule has 2 aromatic carbocycles. The molecule has 0 spiro atoms. The van der Waals surface area contributed by atoms with E-state index in [0.717, 1.165) is 16.8 Å². The van der Waals surface area contributed by atoms with Crippen LogP contribution in [-0.2, 0) is 0 Å². The van der Waals surface area contributed by atoms with Gasteiger partial charge in [-0.3, -0.25) is 4.79 Å². The van der Waals surface area contributed by atoms with Gasteiger partial charge in [0.25, 0.3) is 5.91 Å². The summed E-state index contributed by atoms with van der Waals surface area (Å²) in [7, 11) is 1.51. The molecule has 0 saturated carbocycles. The van der Waals surface area contributed by atoms with Gasteiger partial charge >= 0.3 is 0 Å². The van der Waals surface area contributed by atoms with Gasteiger partial charge in [-0.15, -0.1) is 0 Å². The summed E-state index contributed by atoms with van der Waals surface area (Å²) in [5, 5.41) is 3.27. The number of nitrogens with one attached hydrogen (secondary N) is 1. The number of carbonyl (C=O) groups is 1. The quantitative estimate of drug-likeness (QED) is 0.868. The lowest BCUT2D eigenvalue weighted by Gasteiger charge is -2.14. The Morgan fingerprint density at radius 2 is 1.87 bits per heavy atom. The van der Waals surface area contributed by atoms with E-state index in [4.69, 9.17) is 21.1 Å². The summed E-state index contributed by atoms with van der Waals surface area (Å²) in [5.41, 5.74) is 3.23. The van der Waals surface area contributed by atoms with Gasteiger partial charge in [0.1, 0.15) is 0 Å². The normalized spacial score (nSPS) is 10.3. The maximum atomic E-state index is 12.6. The lowest BCUT2D eigenvalue weighted by Crippen LogP contribution is -2.14. The predicted octanol–water partition coefficient (Wildman–Crippen LogP) is 4.62. The second-order valence-corrected chi connectivity index (χ2v) is 5.55. The Morgan fingerprint density at radius 3 is 2.43 bits per heavy atom. The number of rotatable bonds is 5. The summed E-state index contributed by atoms with van der Waals surface area (Å²) >= 11 is 6.20. The first-order valence-corrected chi connectivity index (χ1v) is 7.73. The maximum Gasteiger partial charge on any atom is 0.255 e. The molecule has 0 aromatic heterocycles. The molecule has 0 aliphatic rings. The Balaban J connectivity index is 2.36. The molecule has 0 saturated heterocycles.